The number of methoxy groups -OCH3 is 1. The molecule has 1 unspecified atom stereocenters. The lowest BCUT2D eigenvalue weighted by atomic mass is 9.84. The van der Waals surface area contributed by atoms with Crippen molar-refractivity contribution in [2.24, 2.45) is 0 Å². The first kappa shape index (κ1) is 11.7. The summed E-state index contributed by atoms with van der Waals surface area (Å²) in [6.45, 7) is 2.09. The highest BCUT2D eigenvalue weighted by Gasteiger charge is 2.15. The van der Waals surface area contributed by atoms with E-state index in [9.17, 15) is 0 Å². The van der Waals surface area contributed by atoms with Crippen LogP contribution in [-0.4, -0.2) is 7.11 Å². The molecule has 1 heteroatoms. The lowest BCUT2D eigenvalue weighted by Crippen LogP contribution is -2.04. The lowest BCUT2D eigenvalue weighted by Gasteiger charge is -2.22. The Balaban J connectivity index is 2.06. The third kappa shape index (κ3) is 2.65. The van der Waals surface area contributed by atoms with Gasteiger partial charge in [-0.05, 0) is 36.8 Å². The van der Waals surface area contributed by atoms with Crippen LogP contribution in [0.2, 0.25) is 0 Å². The zero-order valence-electron chi connectivity index (χ0n) is 10.4. The Kier molecular flexibility index (Phi) is 4.00. The maximum atomic E-state index is 5.32. The second kappa shape index (κ2) is 5.49. The van der Waals surface area contributed by atoms with Crippen molar-refractivity contribution in [3.8, 4) is 0 Å². The van der Waals surface area contributed by atoms with Gasteiger partial charge in [0.25, 0.3) is 0 Å². The molecular weight excluding hydrogens is 196 g/mol. The highest BCUT2D eigenvalue weighted by Crippen LogP contribution is 2.33. The molecule has 0 aromatic heterocycles. The van der Waals surface area contributed by atoms with Gasteiger partial charge in [-0.2, -0.15) is 0 Å². The minimum absolute atomic E-state index is 0.209. The summed E-state index contributed by atoms with van der Waals surface area (Å²) < 4.78 is 5.32. The molecule has 16 heavy (non-hydrogen) atoms. The van der Waals surface area contributed by atoms with Gasteiger partial charge in [-0.1, -0.05) is 43.5 Å². The summed E-state index contributed by atoms with van der Waals surface area (Å²) in [5, 5.41) is 0. The Morgan fingerprint density at radius 3 is 2.25 bits per heavy atom. The molecule has 0 saturated heterocycles. The molecule has 0 radical (unpaired) electrons. The molecule has 0 aliphatic heterocycles. The molecule has 0 amide bonds. The van der Waals surface area contributed by atoms with Crippen LogP contribution in [-0.2, 0) is 4.74 Å². The van der Waals surface area contributed by atoms with E-state index in [1.807, 2.05) is 0 Å². The zero-order chi connectivity index (χ0) is 11.4. The van der Waals surface area contributed by atoms with E-state index in [0.717, 1.165) is 5.92 Å². The van der Waals surface area contributed by atoms with Crippen molar-refractivity contribution < 1.29 is 4.74 Å². The average molecular weight is 218 g/mol. The van der Waals surface area contributed by atoms with E-state index in [-0.39, 0.29) is 6.10 Å². The molecule has 0 spiro atoms. The molecule has 88 valence electrons. The minimum Gasteiger partial charge on any atom is -0.377 e. The van der Waals surface area contributed by atoms with Crippen LogP contribution in [0.3, 0.4) is 0 Å². The van der Waals surface area contributed by atoms with Crippen LogP contribution >= 0.6 is 0 Å². The summed E-state index contributed by atoms with van der Waals surface area (Å²) in [7, 11) is 1.76. The van der Waals surface area contributed by atoms with E-state index in [4.69, 9.17) is 4.74 Å². The van der Waals surface area contributed by atoms with Gasteiger partial charge >= 0.3 is 0 Å². The molecule has 1 aromatic rings. The topological polar surface area (TPSA) is 9.23 Å². The molecule has 1 saturated carbocycles. The summed E-state index contributed by atoms with van der Waals surface area (Å²) >= 11 is 0. The van der Waals surface area contributed by atoms with Crippen LogP contribution in [0.4, 0.5) is 0 Å². The van der Waals surface area contributed by atoms with Crippen molar-refractivity contribution >= 4 is 0 Å². The van der Waals surface area contributed by atoms with Gasteiger partial charge in [0.1, 0.15) is 0 Å². The largest absolute Gasteiger partial charge is 0.377 e. The highest BCUT2D eigenvalue weighted by atomic mass is 16.5. The summed E-state index contributed by atoms with van der Waals surface area (Å²) in [4.78, 5) is 0. The van der Waals surface area contributed by atoms with Crippen molar-refractivity contribution in [2.45, 2.75) is 51.0 Å². The predicted molar refractivity (Wildman–Crippen MR) is 67.7 cm³/mol. The number of benzene rings is 1. The molecule has 0 heterocycles. The lowest BCUT2D eigenvalue weighted by molar-refractivity contribution is 0.119. The van der Waals surface area contributed by atoms with Gasteiger partial charge in [-0.15, -0.1) is 0 Å². The van der Waals surface area contributed by atoms with Crippen molar-refractivity contribution in [2.75, 3.05) is 7.11 Å². The molecule has 1 fully saturated rings. The van der Waals surface area contributed by atoms with Crippen LogP contribution in [0.25, 0.3) is 0 Å². The summed E-state index contributed by atoms with van der Waals surface area (Å²) in [5.41, 5.74) is 2.80. The number of ether oxygens (including phenoxy) is 1. The highest BCUT2D eigenvalue weighted by molar-refractivity contribution is 5.26. The van der Waals surface area contributed by atoms with Crippen LogP contribution in [0.5, 0.6) is 0 Å². The Morgan fingerprint density at radius 1 is 1.06 bits per heavy atom. The molecular formula is C15H22O. The Hall–Kier alpha value is -0.820. The SMILES string of the molecule is COC(C)c1ccc(C2CCCCC2)cc1. The fraction of sp³-hybridized carbons (Fsp3) is 0.600. The standard InChI is InChI=1S/C15H22O/c1-12(16-2)13-8-10-15(11-9-13)14-6-4-3-5-7-14/h8-12,14H,3-7H2,1-2H3. The van der Waals surface area contributed by atoms with Crippen LogP contribution in [0.1, 0.15) is 62.2 Å². The number of hydrogen-bond acceptors (Lipinski definition) is 1. The van der Waals surface area contributed by atoms with E-state index >= 15 is 0 Å². The van der Waals surface area contributed by atoms with Gasteiger partial charge in [0.05, 0.1) is 6.10 Å². The maximum absolute atomic E-state index is 5.32. The van der Waals surface area contributed by atoms with Crippen molar-refractivity contribution in [3.05, 3.63) is 35.4 Å². The van der Waals surface area contributed by atoms with Crippen LogP contribution < -0.4 is 0 Å². The first-order valence-corrected chi connectivity index (χ1v) is 6.44. The van der Waals surface area contributed by atoms with Crippen molar-refractivity contribution in [1.29, 1.82) is 0 Å². The van der Waals surface area contributed by atoms with Gasteiger partial charge in [-0.25, -0.2) is 0 Å². The molecule has 1 aliphatic rings. The quantitative estimate of drug-likeness (QED) is 0.728. The fourth-order valence-electron chi connectivity index (χ4n) is 2.61. The van der Waals surface area contributed by atoms with E-state index in [1.165, 1.54) is 43.2 Å². The molecule has 0 N–H and O–H groups in total. The second-order valence-corrected chi connectivity index (χ2v) is 4.88. The van der Waals surface area contributed by atoms with Crippen LogP contribution in [0, 0.1) is 0 Å². The number of hydrogen-bond donors (Lipinski definition) is 0. The van der Waals surface area contributed by atoms with Gasteiger partial charge in [0.15, 0.2) is 0 Å². The van der Waals surface area contributed by atoms with Crippen molar-refractivity contribution in [3.63, 3.8) is 0 Å². The molecule has 1 atom stereocenters. The van der Waals surface area contributed by atoms with Gasteiger partial charge in [0, 0.05) is 7.11 Å². The van der Waals surface area contributed by atoms with E-state index in [1.54, 1.807) is 7.11 Å². The third-order valence-electron chi connectivity index (χ3n) is 3.84. The van der Waals surface area contributed by atoms with E-state index in [0.29, 0.717) is 0 Å². The van der Waals surface area contributed by atoms with Gasteiger partial charge in [-0.3, -0.25) is 0 Å². The first-order chi connectivity index (χ1) is 7.81. The van der Waals surface area contributed by atoms with E-state index in [2.05, 4.69) is 31.2 Å². The Bertz CT molecular complexity index is 309. The average Bonchev–Trinajstić information content (AvgIpc) is 2.39. The smallest absolute Gasteiger partial charge is 0.0793 e. The maximum Gasteiger partial charge on any atom is 0.0793 e. The molecule has 1 aromatic carbocycles. The monoisotopic (exact) mass is 218 g/mol. The van der Waals surface area contributed by atoms with Crippen LogP contribution in [0.15, 0.2) is 24.3 Å². The molecule has 1 nitrogen and oxygen atoms in total. The summed E-state index contributed by atoms with van der Waals surface area (Å²) in [6.07, 6.45) is 7.19. The Labute approximate surface area is 98.8 Å². The molecule has 2 rings (SSSR count). The molecule has 0 bridgehead atoms. The zero-order valence-corrected chi connectivity index (χ0v) is 10.4. The minimum atomic E-state index is 0.209. The molecule has 1 aliphatic carbocycles. The van der Waals surface area contributed by atoms with Crippen molar-refractivity contribution in [1.82, 2.24) is 0 Å². The second-order valence-electron chi connectivity index (χ2n) is 4.88. The Morgan fingerprint density at radius 2 is 1.69 bits per heavy atom. The third-order valence-corrected chi connectivity index (χ3v) is 3.84. The summed E-state index contributed by atoms with van der Waals surface area (Å²) in [5.74, 6) is 0.806. The number of rotatable bonds is 3. The van der Waals surface area contributed by atoms with E-state index < -0.39 is 0 Å². The first-order valence-electron chi connectivity index (χ1n) is 6.44. The fourth-order valence-corrected chi connectivity index (χ4v) is 2.61. The normalized spacial score (nSPS) is 19.6. The summed E-state index contributed by atoms with van der Waals surface area (Å²) in [6, 6.07) is 9.03. The predicted octanol–water partition coefficient (Wildman–Crippen LogP) is 4.44. The van der Waals surface area contributed by atoms with Gasteiger partial charge < -0.3 is 4.74 Å². The van der Waals surface area contributed by atoms with Gasteiger partial charge in [0.2, 0.25) is 0 Å².